The Labute approximate surface area is 87.6 Å². The third-order valence-corrected chi connectivity index (χ3v) is 2.09. The minimum atomic E-state index is -0.341. The molecule has 0 saturated heterocycles. The van der Waals surface area contributed by atoms with Crippen molar-refractivity contribution < 1.29 is 9.59 Å². The third-order valence-electron chi connectivity index (χ3n) is 2.09. The minimum absolute atomic E-state index is 0. The highest BCUT2D eigenvalue weighted by Crippen LogP contribution is 2.18. The van der Waals surface area contributed by atoms with Gasteiger partial charge < -0.3 is 6.15 Å². The predicted octanol–water partition coefficient (Wildman–Crippen LogP) is 1.20. The van der Waals surface area contributed by atoms with Gasteiger partial charge in [-0.2, -0.15) is 0 Å². The van der Waals surface area contributed by atoms with Gasteiger partial charge in [-0.3, -0.25) is 14.9 Å². The molecule has 0 bridgehead atoms. The van der Waals surface area contributed by atoms with Crippen molar-refractivity contribution in [1.82, 2.24) is 11.5 Å². The van der Waals surface area contributed by atoms with Crippen molar-refractivity contribution in [3.05, 3.63) is 41.5 Å². The average Bonchev–Trinajstić information content (AvgIpc) is 2.45. The number of carbonyl (C=O) groups is 2. The molecule has 0 atom stereocenters. The fourth-order valence-electron chi connectivity index (χ4n) is 1.44. The van der Waals surface area contributed by atoms with E-state index in [2.05, 4.69) is 5.32 Å². The number of imide groups is 1. The number of hydrogen-bond acceptors (Lipinski definition) is 3. The van der Waals surface area contributed by atoms with Crippen LogP contribution in [-0.4, -0.2) is 11.8 Å². The number of nitrogens with one attached hydrogen (secondary N) is 1. The molecule has 4 N–H and O–H groups in total. The van der Waals surface area contributed by atoms with E-state index in [1.807, 2.05) is 31.2 Å². The van der Waals surface area contributed by atoms with E-state index in [1.54, 1.807) is 0 Å². The number of amides is 2. The van der Waals surface area contributed by atoms with Gasteiger partial charge >= 0.3 is 0 Å². The highest BCUT2D eigenvalue weighted by Gasteiger charge is 2.21. The van der Waals surface area contributed by atoms with Crippen molar-refractivity contribution in [3.8, 4) is 0 Å². The Balaban J connectivity index is 0.00000112. The standard InChI is InChI=1S/C11H9NO2.H3N/c1-7-3-2-4-8(5-7)9-6-10(13)12-11(9)14;/h2-6H,1H3,(H,12,13,14);1H3. The van der Waals surface area contributed by atoms with Gasteiger partial charge in [0.05, 0.1) is 5.57 Å². The lowest BCUT2D eigenvalue weighted by molar-refractivity contribution is -0.123. The Morgan fingerprint density at radius 2 is 1.93 bits per heavy atom. The first-order valence-corrected chi connectivity index (χ1v) is 4.31. The first-order valence-electron chi connectivity index (χ1n) is 4.31. The molecule has 1 heterocycles. The lowest BCUT2D eigenvalue weighted by Gasteiger charge is -2.00. The Morgan fingerprint density at radius 1 is 1.20 bits per heavy atom. The van der Waals surface area contributed by atoms with E-state index in [-0.39, 0.29) is 18.0 Å². The van der Waals surface area contributed by atoms with Crippen LogP contribution >= 0.6 is 0 Å². The molecule has 0 fully saturated rings. The second-order valence-electron chi connectivity index (χ2n) is 3.25. The number of hydrogen-bond donors (Lipinski definition) is 2. The van der Waals surface area contributed by atoms with Gasteiger partial charge in [0.15, 0.2) is 0 Å². The first kappa shape index (κ1) is 11.1. The van der Waals surface area contributed by atoms with Gasteiger partial charge in [0.1, 0.15) is 0 Å². The molecule has 2 rings (SSSR count). The molecule has 0 radical (unpaired) electrons. The summed E-state index contributed by atoms with van der Waals surface area (Å²) < 4.78 is 0. The Hall–Kier alpha value is -1.94. The summed E-state index contributed by atoms with van der Waals surface area (Å²) in [5.74, 6) is -0.660. The van der Waals surface area contributed by atoms with Crippen LogP contribution in [0.15, 0.2) is 30.3 Å². The molecule has 4 heteroatoms. The summed E-state index contributed by atoms with van der Waals surface area (Å²) in [6, 6.07) is 7.50. The van der Waals surface area contributed by atoms with E-state index in [4.69, 9.17) is 0 Å². The van der Waals surface area contributed by atoms with Crippen LogP contribution in [0.1, 0.15) is 11.1 Å². The van der Waals surface area contributed by atoms with E-state index < -0.39 is 0 Å². The third kappa shape index (κ3) is 2.11. The molecule has 1 aliphatic rings. The van der Waals surface area contributed by atoms with Crippen LogP contribution in [0, 0.1) is 6.92 Å². The Bertz CT molecular complexity index is 450. The summed E-state index contributed by atoms with van der Waals surface area (Å²) >= 11 is 0. The molecule has 15 heavy (non-hydrogen) atoms. The predicted molar refractivity (Wildman–Crippen MR) is 57.3 cm³/mol. The van der Waals surface area contributed by atoms with Gasteiger partial charge in [0.2, 0.25) is 0 Å². The van der Waals surface area contributed by atoms with E-state index in [0.29, 0.717) is 5.57 Å². The summed E-state index contributed by atoms with van der Waals surface area (Å²) in [6.45, 7) is 1.94. The zero-order valence-electron chi connectivity index (χ0n) is 8.41. The van der Waals surface area contributed by atoms with E-state index in [9.17, 15) is 9.59 Å². The van der Waals surface area contributed by atoms with Crippen LogP contribution in [0.2, 0.25) is 0 Å². The molecule has 2 amide bonds. The van der Waals surface area contributed by atoms with Crippen LogP contribution in [0.5, 0.6) is 0 Å². The largest absolute Gasteiger partial charge is 0.344 e. The summed E-state index contributed by atoms with van der Waals surface area (Å²) in [6.07, 6.45) is 1.33. The number of aryl methyl sites for hydroxylation is 1. The van der Waals surface area contributed by atoms with Crippen LogP contribution < -0.4 is 11.5 Å². The fourth-order valence-corrected chi connectivity index (χ4v) is 1.44. The molecule has 4 nitrogen and oxygen atoms in total. The molecule has 1 aromatic rings. The van der Waals surface area contributed by atoms with Crippen molar-refractivity contribution >= 4 is 17.4 Å². The fraction of sp³-hybridized carbons (Fsp3) is 0.0909. The van der Waals surface area contributed by atoms with Crippen molar-refractivity contribution in [1.29, 1.82) is 0 Å². The van der Waals surface area contributed by atoms with Gasteiger partial charge in [-0.25, -0.2) is 0 Å². The monoisotopic (exact) mass is 204 g/mol. The second-order valence-corrected chi connectivity index (χ2v) is 3.25. The maximum Gasteiger partial charge on any atom is 0.258 e. The maximum atomic E-state index is 11.3. The van der Waals surface area contributed by atoms with Crippen LogP contribution in [0.3, 0.4) is 0 Å². The van der Waals surface area contributed by atoms with Gasteiger partial charge in [-0.1, -0.05) is 29.8 Å². The van der Waals surface area contributed by atoms with Gasteiger partial charge in [-0.15, -0.1) is 0 Å². The number of benzene rings is 1. The molecule has 0 unspecified atom stereocenters. The Kier molecular flexibility index (Phi) is 3.01. The molecule has 1 aromatic carbocycles. The summed E-state index contributed by atoms with van der Waals surface area (Å²) in [4.78, 5) is 22.2. The van der Waals surface area contributed by atoms with Crippen molar-refractivity contribution in [2.24, 2.45) is 0 Å². The van der Waals surface area contributed by atoms with Crippen LogP contribution in [-0.2, 0) is 9.59 Å². The topological polar surface area (TPSA) is 81.2 Å². The smallest absolute Gasteiger partial charge is 0.258 e. The van der Waals surface area contributed by atoms with Crippen LogP contribution in [0.4, 0.5) is 0 Å². The first-order chi connectivity index (χ1) is 6.66. The quantitative estimate of drug-likeness (QED) is 0.674. The molecule has 1 aliphatic heterocycles. The molecule has 0 aromatic heterocycles. The van der Waals surface area contributed by atoms with E-state index in [1.165, 1.54) is 6.08 Å². The number of carbonyl (C=O) groups excluding carboxylic acids is 2. The average molecular weight is 204 g/mol. The molecule has 0 aliphatic carbocycles. The van der Waals surface area contributed by atoms with E-state index in [0.717, 1.165) is 11.1 Å². The van der Waals surface area contributed by atoms with Gasteiger partial charge in [0, 0.05) is 6.08 Å². The zero-order chi connectivity index (χ0) is 10.1. The second kappa shape index (κ2) is 4.06. The highest BCUT2D eigenvalue weighted by atomic mass is 16.2. The Morgan fingerprint density at radius 3 is 2.47 bits per heavy atom. The zero-order valence-corrected chi connectivity index (χ0v) is 8.41. The number of rotatable bonds is 1. The SMILES string of the molecule is Cc1cccc(C2=CC(=O)NC2=O)c1.N. The highest BCUT2D eigenvalue weighted by molar-refractivity contribution is 6.33. The maximum absolute atomic E-state index is 11.3. The van der Waals surface area contributed by atoms with Crippen molar-refractivity contribution in [3.63, 3.8) is 0 Å². The van der Waals surface area contributed by atoms with Crippen LogP contribution in [0.25, 0.3) is 5.57 Å². The molecular weight excluding hydrogens is 192 g/mol. The van der Waals surface area contributed by atoms with Crippen molar-refractivity contribution in [2.45, 2.75) is 6.92 Å². The lowest BCUT2D eigenvalue weighted by atomic mass is 10.0. The summed E-state index contributed by atoms with van der Waals surface area (Å²) in [5.41, 5.74) is 2.29. The molecular formula is C11H12N2O2. The molecule has 0 saturated carbocycles. The van der Waals surface area contributed by atoms with E-state index >= 15 is 0 Å². The summed E-state index contributed by atoms with van der Waals surface area (Å²) in [7, 11) is 0. The normalized spacial score (nSPS) is 14.3. The minimum Gasteiger partial charge on any atom is -0.344 e. The van der Waals surface area contributed by atoms with Crippen molar-refractivity contribution in [2.75, 3.05) is 0 Å². The lowest BCUT2D eigenvalue weighted by Crippen LogP contribution is -2.21. The molecule has 0 spiro atoms. The molecule has 78 valence electrons. The summed E-state index contributed by atoms with van der Waals surface area (Å²) in [5, 5.41) is 2.21. The van der Waals surface area contributed by atoms with Gasteiger partial charge in [-0.05, 0) is 12.5 Å². The van der Waals surface area contributed by atoms with Gasteiger partial charge in [0.25, 0.3) is 11.8 Å².